The van der Waals surface area contributed by atoms with Gasteiger partial charge in [0.05, 0.1) is 0 Å². The van der Waals surface area contributed by atoms with Crippen LogP contribution in [0.2, 0.25) is 0 Å². The maximum Gasteiger partial charge on any atom is 0.128 e. The molecule has 0 aliphatic carbocycles. The normalized spacial score (nSPS) is 11.2. The van der Waals surface area contributed by atoms with Crippen LogP contribution in [0.25, 0.3) is 0 Å². The second-order valence-corrected chi connectivity index (χ2v) is 5.24. The molecule has 0 amide bonds. The van der Waals surface area contributed by atoms with Gasteiger partial charge in [0.2, 0.25) is 0 Å². The summed E-state index contributed by atoms with van der Waals surface area (Å²) in [6.07, 6.45) is 1.64. The molecule has 1 aromatic heterocycles. The molecule has 88 valence electrons. The van der Waals surface area contributed by atoms with Gasteiger partial charge in [0, 0.05) is 25.4 Å². The first-order chi connectivity index (χ1) is 7.29. The lowest BCUT2D eigenvalue weighted by atomic mass is 9.96. The highest BCUT2D eigenvalue weighted by atomic mass is 15.2. The summed E-state index contributed by atoms with van der Waals surface area (Å²) in [7, 11) is 2.01. The second kappa shape index (κ2) is 4.51. The van der Waals surface area contributed by atoms with E-state index in [0.717, 1.165) is 12.4 Å². The number of pyridine rings is 1. The van der Waals surface area contributed by atoms with Crippen LogP contribution in [0.3, 0.4) is 0 Å². The van der Waals surface area contributed by atoms with E-state index in [2.05, 4.69) is 30.7 Å². The largest absolute Gasteiger partial charge is 0.384 e. The summed E-state index contributed by atoms with van der Waals surface area (Å²) in [6.45, 7) is 7.49. The van der Waals surface area contributed by atoms with Crippen molar-refractivity contribution in [1.29, 1.82) is 5.41 Å². The molecule has 1 rings (SSSR count). The van der Waals surface area contributed by atoms with Gasteiger partial charge in [-0.2, -0.15) is 0 Å². The molecule has 1 aromatic rings. The average Bonchev–Trinajstić information content (AvgIpc) is 2.15. The van der Waals surface area contributed by atoms with Gasteiger partial charge in [-0.3, -0.25) is 5.41 Å². The number of aromatic nitrogens is 1. The van der Waals surface area contributed by atoms with Crippen molar-refractivity contribution in [3.8, 4) is 0 Å². The molecule has 3 N–H and O–H groups in total. The van der Waals surface area contributed by atoms with Crippen LogP contribution in [-0.2, 0) is 0 Å². The number of amidine groups is 1. The lowest BCUT2D eigenvalue weighted by Crippen LogP contribution is -2.29. The Balaban J connectivity index is 2.78. The Hall–Kier alpha value is -1.58. The molecule has 0 saturated heterocycles. The quantitative estimate of drug-likeness (QED) is 0.603. The van der Waals surface area contributed by atoms with E-state index in [0.29, 0.717) is 5.56 Å². The summed E-state index contributed by atoms with van der Waals surface area (Å²) >= 11 is 0. The third kappa shape index (κ3) is 3.53. The first-order valence-electron chi connectivity index (χ1n) is 5.31. The third-order valence-corrected chi connectivity index (χ3v) is 2.16. The Morgan fingerprint density at radius 1 is 1.44 bits per heavy atom. The summed E-state index contributed by atoms with van der Waals surface area (Å²) in [6, 6.07) is 3.71. The van der Waals surface area contributed by atoms with E-state index in [4.69, 9.17) is 11.1 Å². The Morgan fingerprint density at radius 2 is 2.06 bits per heavy atom. The number of nitrogen functional groups attached to an aromatic ring is 1. The number of nitrogens with two attached hydrogens (primary N) is 1. The zero-order valence-electron chi connectivity index (χ0n) is 10.4. The van der Waals surface area contributed by atoms with Crippen LogP contribution in [0.4, 0.5) is 5.82 Å². The molecule has 0 aliphatic rings. The van der Waals surface area contributed by atoms with Crippen molar-refractivity contribution in [2.45, 2.75) is 20.8 Å². The van der Waals surface area contributed by atoms with Gasteiger partial charge >= 0.3 is 0 Å². The van der Waals surface area contributed by atoms with E-state index >= 15 is 0 Å². The monoisotopic (exact) mass is 220 g/mol. The van der Waals surface area contributed by atoms with Crippen LogP contribution in [-0.4, -0.2) is 24.4 Å². The predicted molar refractivity (Wildman–Crippen MR) is 68.0 cm³/mol. The van der Waals surface area contributed by atoms with Crippen LogP contribution in [0.1, 0.15) is 26.3 Å². The zero-order valence-corrected chi connectivity index (χ0v) is 10.4. The Kier molecular flexibility index (Phi) is 3.52. The Bertz CT molecular complexity index is 362. The predicted octanol–water partition coefficient (Wildman–Crippen LogP) is 1.85. The Labute approximate surface area is 97.0 Å². The van der Waals surface area contributed by atoms with E-state index in [9.17, 15) is 0 Å². The van der Waals surface area contributed by atoms with E-state index in [1.54, 1.807) is 6.20 Å². The molecule has 0 spiro atoms. The summed E-state index contributed by atoms with van der Waals surface area (Å²) in [4.78, 5) is 6.39. The lowest BCUT2D eigenvalue weighted by molar-refractivity contribution is 0.418. The molecule has 1 heterocycles. The third-order valence-electron chi connectivity index (χ3n) is 2.16. The van der Waals surface area contributed by atoms with Crippen molar-refractivity contribution in [3.05, 3.63) is 23.9 Å². The van der Waals surface area contributed by atoms with Crippen molar-refractivity contribution < 1.29 is 0 Å². The van der Waals surface area contributed by atoms with Crippen LogP contribution in [0.5, 0.6) is 0 Å². The zero-order chi connectivity index (χ0) is 12.3. The summed E-state index contributed by atoms with van der Waals surface area (Å²) in [5.74, 6) is 0.956. The highest BCUT2D eigenvalue weighted by Crippen LogP contribution is 2.18. The van der Waals surface area contributed by atoms with Crippen LogP contribution < -0.4 is 10.6 Å². The minimum absolute atomic E-state index is 0.0533. The van der Waals surface area contributed by atoms with Crippen molar-refractivity contribution in [2.75, 3.05) is 18.5 Å². The Morgan fingerprint density at radius 3 is 2.44 bits per heavy atom. The van der Waals surface area contributed by atoms with E-state index in [-0.39, 0.29) is 11.3 Å². The van der Waals surface area contributed by atoms with E-state index < -0.39 is 0 Å². The van der Waals surface area contributed by atoms with E-state index in [1.807, 2.05) is 19.2 Å². The number of nitrogens with zero attached hydrogens (tertiary/aromatic N) is 2. The number of nitrogens with one attached hydrogen (secondary N) is 1. The SMILES string of the molecule is CN(CC(C)(C)C)c1ccc(C(=N)N)cn1. The molecule has 0 fully saturated rings. The molecular weight excluding hydrogens is 200 g/mol. The number of rotatable bonds is 3. The van der Waals surface area contributed by atoms with Crippen LogP contribution in [0.15, 0.2) is 18.3 Å². The van der Waals surface area contributed by atoms with Gasteiger partial charge in [0.25, 0.3) is 0 Å². The molecule has 0 unspecified atom stereocenters. The topological polar surface area (TPSA) is 66.0 Å². The minimum Gasteiger partial charge on any atom is -0.384 e. The van der Waals surface area contributed by atoms with Crippen molar-refractivity contribution in [3.63, 3.8) is 0 Å². The van der Waals surface area contributed by atoms with Crippen LogP contribution in [0, 0.1) is 10.8 Å². The standard InChI is InChI=1S/C12H20N4/c1-12(2,3)8-16(4)10-6-5-9(7-15-10)11(13)14/h5-7H,8H2,1-4H3,(H3,13,14). The number of hydrogen-bond donors (Lipinski definition) is 2. The molecule has 0 bridgehead atoms. The molecule has 0 aromatic carbocycles. The second-order valence-electron chi connectivity index (χ2n) is 5.24. The number of hydrogen-bond acceptors (Lipinski definition) is 3. The fourth-order valence-electron chi connectivity index (χ4n) is 1.56. The summed E-state index contributed by atoms with van der Waals surface area (Å²) in [5, 5.41) is 7.28. The molecule has 0 radical (unpaired) electrons. The van der Waals surface area contributed by atoms with Crippen molar-refractivity contribution in [2.24, 2.45) is 11.1 Å². The lowest BCUT2D eigenvalue weighted by Gasteiger charge is -2.27. The minimum atomic E-state index is 0.0533. The highest BCUT2D eigenvalue weighted by Gasteiger charge is 2.14. The molecule has 4 heteroatoms. The van der Waals surface area contributed by atoms with Gasteiger partial charge in [-0.1, -0.05) is 20.8 Å². The van der Waals surface area contributed by atoms with Crippen LogP contribution >= 0.6 is 0 Å². The van der Waals surface area contributed by atoms with E-state index in [1.165, 1.54) is 0 Å². The molecule has 0 saturated carbocycles. The molecule has 0 aliphatic heterocycles. The van der Waals surface area contributed by atoms with Gasteiger partial charge < -0.3 is 10.6 Å². The van der Waals surface area contributed by atoms with Crippen molar-refractivity contribution in [1.82, 2.24) is 4.98 Å². The van der Waals surface area contributed by atoms with Gasteiger partial charge in [0.1, 0.15) is 11.7 Å². The maximum absolute atomic E-state index is 7.28. The molecule has 0 atom stereocenters. The smallest absolute Gasteiger partial charge is 0.128 e. The van der Waals surface area contributed by atoms with Gasteiger partial charge in [-0.15, -0.1) is 0 Å². The first-order valence-corrected chi connectivity index (χ1v) is 5.31. The molecule has 16 heavy (non-hydrogen) atoms. The first kappa shape index (κ1) is 12.5. The average molecular weight is 220 g/mol. The fraction of sp³-hybridized carbons (Fsp3) is 0.500. The summed E-state index contributed by atoms with van der Waals surface area (Å²) in [5.41, 5.74) is 6.26. The maximum atomic E-state index is 7.28. The highest BCUT2D eigenvalue weighted by molar-refractivity contribution is 5.94. The van der Waals surface area contributed by atoms with Crippen molar-refractivity contribution >= 4 is 11.7 Å². The fourth-order valence-corrected chi connectivity index (χ4v) is 1.56. The summed E-state index contributed by atoms with van der Waals surface area (Å²) < 4.78 is 0. The van der Waals surface area contributed by atoms with Gasteiger partial charge in [-0.25, -0.2) is 4.98 Å². The van der Waals surface area contributed by atoms with Gasteiger partial charge in [0.15, 0.2) is 0 Å². The number of anilines is 1. The van der Waals surface area contributed by atoms with Gasteiger partial charge in [-0.05, 0) is 17.5 Å². The molecular formula is C12H20N4. The molecule has 4 nitrogen and oxygen atoms in total.